The summed E-state index contributed by atoms with van der Waals surface area (Å²) in [4.78, 5) is 18.8. The molecule has 2 rings (SSSR count). The van der Waals surface area contributed by atoms with E-state index < -0.39 is 16.5 Å². The lowest BCUT2D eigenvalue weighted by molar-refractivity contribution is -0.131. The Labute approximate surface area is 142 Å². The number of guanidine groups is 1. The van der Waals surface area contributed by atoms with Crippen molar-refractivity contribution >= 4 is 22.9 Å². The van der Waals surface area contributed by atoms with Crippen molar-refractivity contribution in [2.24, 2.45) is 22.6 Å². The first kappa shape index (κ1) is 18.4. The van der Waals surface area contributed by atoms with Gasteiger partial charge in [0.25, 0.3) is 5.91 Å². The zero-order valence-corrected chi connectivity index (χ0v) is 15.6. The van der Waals surface area contributed by atoms with Crippen LogP contribution < -0.4 is 5.73 Å². The fourth-order valence-electron chi connectivity index (χ4n) is 3.67. The maximum atomic E-state index is 12.7. The maximum absolute atomic E-state index is 12.7. The number of piperidine rings is 1. The second-order valence-electron chi connectivity index (χ2n) is 7.38. The van der Waals surface area contributed by atoms with Gasteiger partial charge in [0.1, 0.15) is 5.54 Å². The van der Waals surface area contributed by atoms with Crippen molar-refractivity contribution in [3.63, 3.8) is 0 Å². The van der Waals surface area contributed by atoms with Crippen molar-refractivity contribution in [2.75, 3.05) is 25.9 Å². The number of aliphatic imine (C=N–C) groups is 1. The highest BCUT2D eigenvalue weighted by Crippen LogP contribution is 2.29. The first-order valence-electron chi connectivity index (χ1n) is 8.48. The summed E-state index contributed by atoms with van der Waals surface area (Å²) >= 11 is 0. The fraction of sp³-hybridized carbons (Fsp3) is 0.875. The molecule has 0 radical (unpaired) electrons. The zero-order chi connectivity index (χ0) is 17.2. The Hall–Kier alpha value is -0.950. The Morgan fingerprint density at radius 2 is 2.00 bits per heavy atom. The van der Waals surface area contributed by atoms with Gasteiger partial charge < -0.3 is 5.73 Å². The Kier molecular flexibility index (Phi) is 5.84. The number of hydrogen-bond acceptors (Lipinski definition) is 4. The molecule has 0 aromatic heterocycles. The van der Waals surface area contributed by atoms with E-state index >= 15 is 0 Å². The lowest BCUT2D eigenvalue weighted by Gasteiger charge is -2.31. The number of nitrogens with two attached hydrogens (primary N) is 1. The molecule has 2 aliphatic heterocycles. The summed E-state index contributed by atoms with van der Waals surface area (Å²) in [5, 5.41) is 0. The lowest BCUT2D eigenvalue weighted by Crippen LogP contribution is -2.44. The predicted octanol–water partition coefficient (Wildman–Crippen LogP) is 1.34. The van der Waals surface area contributed by atoms with Crippen molar-refractivity contribution in [3.05, 3.63) is 0 Å². The van der Waals surface area contributed by atoms with Gasteiger partial charge in [-0.05, 0) is 44.4 Å². The van der Waals surface area contributed by atoms with E-state index in [4.69, 9.17) is 5.73 Å². The highest BCUT2D eigenvalue weighted by atomic mass is 32.2. The quantitative estimate of drug-likeness (QED) is 0.791. The van der Waals surface area contributed by atoms with Gasteiger partial charge >= 0.3 is 0 Å². The number of amides is 1. The standard InChI is InChI=1S/C16H30N4O2S/c1-12(2)11-16(3)14(21)20(15(17)18-16)10-7-13-5-8-19(9-6-13)23(4)22/h12-13H,5-11H2,1-4H3,(H2,17,18). The summed E-state index contributed by atoms with van der Waals surface area (Å²) in [6.07, 6.45) is 5.45. The van der Waals surface area contributed by atoms with E-state index in [1.54, 1.807) is 11.2 Å². The highest BCUT2D eigenvalue weighted by Gasteiger charge is 2.44. The van der Waals surface area contributed by atoms with Gasteiger partial charge in [0, 0.05) is 25.9 Å². The van der Waals surface area contributed by atoms with Gasteiger partial charge in [-0.25, -0.2) is 13.5 Å². The fourth-order valence-corrected chi connectivity index (χ4v) is 4.39. The van der Waals surface area contributed by atoms with Crippen LogP contribution in [0.5, 0.6) is 0 Å². The van der Waals surface area contributed by atoms with Crippen LogP contribution in [0.3, 0.4) is 0 Å². The zero-order valence-electron chi connectivity index (χ0n) is 14.7. The normalized spacial score (nSPS) is 28.5. The number of nitrogens with zero attached hydrogens (tertiary/aromatic N) is 3. The topological polar surface area (TPSA) is 79.0 Å². The molecule has 0 spiro atoms. The predicted molar refractivity (Wildman–Crippen MR) is 94.2 cm³/mol. The molecule has 2 heterocycles. The third kappa shape index (κ3) is 4.32. The van der Waals surface area contributed by atoms with Gasteiger partial charge in [-0.15, -0.1) is 0 Å². The maximum Gasteiger partial charge on any atom is 0.257 e. The minimum absolute atomic E-state index is 0.0378. The van der Waals surface area contributed by atoms with Gasteiger partial charge in [-0.1, -0.05) is 13.8 Å². The van der Waals surface area contributed by atoms with Gasteiger partial charge in [0.15, 0.2) is 5.96 Å². The van der Waals surface area contributed by atoms with Crippen molar-refractivity contribution < 1.29 is 9.00 Å². The summed E-state index contributed by atoms with van der Waals surface area (Å²) in [6.45, 7) is 8.46. The van der Waals surface area contributed by atoms with E-state index in [2.05, 4.69) is 18.8 Å². The van der Waals surface area contributed by atoms with Gasteiger partial charge in [0.05, 0.1) is 11.0 Å². The van der Waals surface area contributed by atoms with Crippen LogP contribution in [-0.2, 0) is 15.8 Å². The van der Waals surface area contributed by atoms with Crippen molar-refractivity contribution in [3.8, 4) is 0 Å². The summed E-state index contributed by atoms with van der Waals surface area (Å²) in [5.74, 6) is 1.37. The van der Waals surface area contributed by atoms with Gasteiger partial charge in [-0.2, -0.15) is 0 Å². The molecule has 1 saturated heterocycles. The molecule has 0 aliphatic carbocycles. The van der Waals surface area contributed by atoms with E-state index in [0.29, 0.717) is 24.3 Å². The van der Waals surface area contributed by atoms with Crippen molar-refractivity contribution in [2.45, 2.75) is 52.0 Å². The Bertz CT molecular complexity index is 500. The van der Waals surface area contributed by atoms with Crippen LogP contribution >= 0.6 is 0 Å². The molecule has 6 nitrogen and oxygen atoms in total. The van der Waals surface area contributed by atoms with Crippen LogP contribution in [0.2, 0.25) is 0 Å². The molecule has 7 heteroatoms. The monoisotopic (exact) mass is 342 g/mol. The van der Waals surface area contributed by atoms with Crippen LogP contribution in [0, 0.1) is 11.8 Å². The highest BCUT2D eigenvalue weighted by molar-refractivity contribution is 7.81. The average molecular weight is 343 g/mol. The van der Waals surface area contributed by atoms with E-state index in [-0.39, 0.29) is 5.91 Å². The van der Waals surface area contributed by atoms with Crippen molar-refractivity contribution in [1.82, 2.24) is 9.21 Å². The minimum atomic E-state index is -0.871. The molecule has 0 aromatic carbocycles. The van der Waals surface area contributed by atoms with Crippen LogP contribution in [0.1, 0.15) is 46.5 Å². The van der Waals surface area contributed by atoms with E-state index in [0.717, 1.165) is 38.8 Å². The molecule has 1 fully saturated rings. The molecule has 132 valence electrons. The molecule has 2 N–H and O–H groups in total. The molecule has 23 heavy (non-hydrogen) atoms. The Balaban J connectivity index is 1.86. The summed E-state index contributed by atoms with van der Waals surface area (Å²) in [6, 6.07) is 0. The summed E-state index contributed by atoms with van der Waals surface area (Å²) in [5.41, 5.74) is 5.31. The van der Waals surface area contributed by atoms with Crippen LogP contribution in [-0.4, -0.2) is 56.7 Å². The second-order valence-corrected chi connectivity index (χ2v) is 8.75. The number of carbonyl (C=O) groups is 1. The smallest absolute Gasteiger partial charge is 0.257 e. The largest absolute Gasteiger partial charge is 0.369 e. The number of carbonyl (C=O) groups excluding carboxylic acids is 1. The molecule has 2 unspecified atom stereocenters. The number of hydrogen-bond donors (Lipinski definition) is 1. The SMILES string of the molecule is CC(C)CC1(C)N=C(N)N(CCC2CCN(S(C)=O)CC2)C1=O. The molecule has 2 aliphatic rings. The molecular weight excluding hydrogens is 312 g/mol. The average Bonchev–Trinajstić information content (AvgIpc) is 2.66. The van der Waals surface area contributed by atoms with Crippen molar-refractivity contribution in [1.29, 1.82) is 0 Å². The van der Waals surface area contributed by atoms with Gasteiger partial charge in [0.2, 0.25) is 0 Å². The van der Waals surface area contributed by atoms with E-state index in [1.165, 1.54) is 0 Å². The van der Waals surface area contributed by atoms with Crippen LogP contribution in [0.25, 0.3) is 0 Å². The van der Waals surface area contributed by atoms with Crippen LogP contribution in [0.4, 0.5) is 0 Å². The molecule has 0 bridgehead atoms. The molecular formula is C16H30N4O2S. The second kappa shape index (κ2) is 7.30. The third-order valence-corrected chi connectivity index (χ3v) is 5.94. The molecule has 0 saturated carbocycles. The lowest BCUT2D eigenvalue weighted by atomic mass is 9.90. The summed E-state index contributed by atoms with van der Waals surface area (Å²) in [7, 11) is -0.871. The summed E-state index contributed by atoms with van der Waals surface area (Å²) < 4.78 is 13.5. The number of rotatable bonds is 6. The van der Waals surface area contributed by atoms with Crippen LogP contribution in [0.15, 0.2) is 4.99 Å². The Morgan fingerprint density at radius 3 is 2.52 bits per heavy atom. The molecule has 2 atom stereocenters. The molecule has 0 aromatic rings. The first-order chi connectivity index (χ1) is 10.7. The van der Waals surface area contributed by atoms with E-state index in [9.17, 15) is 9.00 Å². The minimum Gasteiger partial charge on any atom is -0.369 e. The third-order valence-electron chi connectivity index (χ3n) is 4.85. The molecule has 1 amide bonds. The Morgan fingerprint density at radius 1 is 1.39 bits per heavy atom. The van der Waals surface area contributed by atoms with E-state index in [1.807, 2.05) is 11.2 Å². The van der Waals surface area contributed by atoms with Gasteiger partial charge in [-0.3, -0.25) is 9.69 Å². The first-order valence-corrected chi connectivity index (χ1v) is 10.00.